The topological polar surface area (TPSA) is 77.2 Å². The number of nitrogens with one attached hydrogen (secondary N) is 1. The van der Waals surface area contributed by atoms with E-state index in [4.69, 9.17) is 9.26 Å². The zero-order valence-electron chi connectivity index (χ0n) is 17.8. The fourth-order valence-corrected chi connectivity index (χ4v) is 3.55. The van der Waals surface area contributed by atoms with E-state index in [0.29, 0.717) is 24.0 Å². The molecule has 0 bridgehead atoms. The van der Waals surface area contributed by atoms with E-state index in [2.05, 4.69) is 21.5 Å². The number of aryl methyl sites for hydroxylation is 1. The van der Waals surface area contributed by atoms with Gasteiger partial charge >= 0.3 is 0 Å². The zero-order chi connectivity index (χ0) is 21.5. The van der Waals surface area contributed by atoms with Crippen LogP contribution in [0.5, 0.6) is 5.75 Å². The Morgan fingerprint density at radius 3 is 2.58 bits per heavy atom. The maximum Gasteiger partial charge on any atom is 0.258 e. The fourth-order valence-electron chi connectivity index (χ4n) is 3.55. The highest BCUT2D eigenvalue weighted by Crippen LogP contribution is 2.24. The molecule has 0 fully saturated rings. The van der Waals surface area contributed by atoms with Gasteiger partial charge in [-0.15, -0.1) is 0 Å². The SMILES string of the molecule is Cc1ccc(-c2noc(-c3ccc(OCC(=O)NCCC4=CCCCC4)cc3)n2)cc1. The lowest BCUT2D eigenvalue weighted by molar-refractivity contribution is -0.123. The summed E-state index contributed by atoms with van der Waals surface area (Å²) in [6.07, 6.45) is 8.10. The first kappa shape index (κ1) is 20.8. The molecular formula is C25H27N3O3. The second kappa shape index (κ2) is 10.1. The molecule has 1 aromatic heterocycles. The summed E-state index contributed by atoms with van der Waals surface area (Å²) >= 11 is 0. The maximum atomic E-state index is 12.0. The number of carbonyl (C=O) groups is 1. The van der Waals surface area contributed by atoms with Gasteiger partial charge in [0, 0.05) is 17.7 Å². The molecule has 0 saturated heterocycles. The number of hydrogen-bond acceptors (Lipinski definition) is 5. The number of ether oxygens (including phenoxy) is 1. The van der Waals surface area contributed by atoms with Crippen LogP contribution in [-0.2, 0) is 4.79 Å². The van der Waals surface area contributed by atoms with Gasteiger partial charge < -0.3 is 14.6 Å². The van der Waals surface area contributed by atoms with Crippen molar-refractivity contribution in [3.8, 4) is 28.6 Å². The molecular weight excluding hydrogens is 390 g/mol. The smallest absolute Gasteiger partial charge is 0.258 e. The average Bonchev–Trinajstić information content (AvgIpc) is 3.29. The van der Waals surface area contributed by atoms with E-state index in [1.807, 2.05) is 43.3 Å². The lowest BCUT2D eigenvalue weighted by Crippen LogP contribution is -2.29. The van der Waals surface area contributed by atoms with Gasteiger partial charge in [0.15, 0.2) is 6.61 Å². The molecule has 1 N–H and O–H groups in total. The van der Waals surface area contributed by atoms with Gasteiger partial charge in [-0.2, -0.15) is 4.98 Å². The summed E-state index contributed by atoms with van der Waals surface area (Å²) in [6.45, 7) is 2.69. The van der Waals surface area contributed by atoms with Crippen molar-refractivity contribution in [1.29, 1.82) is 0 Å². The summed E-state index contributed by atoms with van der Waals surface area (Å²) in [5, 5.41) is 6.98. The summed E-state index contributed by atoms with van der Waals surface area (Å²) in [6, 6.07) is 15.2. The largest absolute Gasteiger partial charge is 0.484 e. The van der Waals surface area contributed by atoms with E-state index in [0.717, 1.165) is 24.0 Å². The molecule has 1 amide bonds. The molecule has 0 radical (unpaired) electrons. The standard InChI is InChI=1S/C25H27N3O3/c1-18-7-9-20(10-8-18)24-27-25(31-28-24)21-11-13-22(14-12-21)30-17-23(29)26-16-15-19-5-3-2-4-6-19/h5,7-14H,2-4,6,15-17H2,1H3,(H,26,29). The van der Waals surface area contributed by atoms with Crippen LogP contribution in [0.2, 0.25) is 0 Å². The normalized spacial score (nSPS) is 13.5. The Balaban J connectivity index is 1.26. The Bertz CT molecular complexity index is 1040. The predicted octanol–water partition coefficient (Wildman–Crippen LogP) is 5.10. The van der Waals surface area contributed by atoms with Crippen LogP contribution in [0.1, 0.15) is 37.7 Å². The van der Waals surface area contributed by atoms with Gasteiger partial charge in [0.1, 0.15) is 5.75 Å². The number of benzene rings is 2. The van der Waals surface area contributed by atoms with Gasteiger partial charge in [-0.1, -0.05) is 46.6 Å². The summed E-state index contributed by atoms with van der Waals surface area (Å²) in [4.78, 5) is 16.5. The van der Waals surface area contributed by atoms with Crippen molar-refractivity contribution in [1.82, 2.24) is 15.5 Å². The molecule has 1 aliphatic carbocycles. The van der Waals surface area contributed by atoms with E-state index in [-0.39, 0.29) is 12.5 Å². The number of rotatable bonds is 8. The van der Waals surface area contributed by atoms with E-state index in [1.54, 1.807) is 12.1 Å². The van der Waals surface area contributed by atoms with Crippen LogP contribution in [0.4, 0.5) is 0 Å². The Morgan fingerprint density at radius 1 is 1.06 bits per heavy atom. The minimum Gasteiger partial charge on any atom is -0.484 e. The molecule has 6 heteroatoms. The van der Waals surface area contributed by atoms with Crippen LogP contribution in [0.25, 0.3) is 22.8 Å². The van der Waals surface area contributed by atoms with Crippen molar-refractivity contribution in [3.05, 3.63) is 65.7 Å². The van der Waals surface area contributed by atoms with Crippen LogP contribution < -0.4 is 10.1 Å². The molecule has 0 atom stereocenters. The Morgan fingerprint density at radius 2 is 1.84 bits per heavy atom. The third-order valence-corrected chi connectivity index (χ3v) is 5.36. The van der Waals surface area contributed by atoms with Crippen molar-refractivity contribution >= 4 is 5.91 Å². The zero-order valence-corrected chi connectivity index (χ0v) is 17.8. The number of carbonyl (C=O) groups excluding carboxylic acids is 1. The quantitative estimate of drug-likeness (QED) is 0.516. The third kappa shape index (κ3) is 5.81. The molecule has 0 unspecified atom stereocenters. The molecule has 3 aromatic rings. The summed E-state index contributed by atoms with van der Waals surface area (Å²) < 4.78 is 11.0. The van der Waals surface area contributed by atoms with Crippen LogP contribution >= 0.6 is 0 Å². The second-order valence-electron chi connectivity index (χ2n) is 7.81. The Hall–Kier alpha value is -3.41. The summed E-state index contributed by atoms with van der Waals surface area (Å²) in [5.74, 6) is 1.50. The van der Waals surface area contributed by atoms with E-state index in [9.17, 15) is 4.79 Å². The fraction of sp³-hybridized carbons (Fsp3) is 0.320. The molecule has 0 aliphatic heterocycles. The van der Waals surface area contributed by atoms with Gasteiger partial charge in [0.05, 0.1) is 0 Å². The lowest BCUT2D eigenvalue weighted by Gasteiger charge is -2.13. The molecule has 2 aromatic carbocycles. The van der Waals surface area contributed by atoms with Gasteiger partial charge in [-0.3, -0.25) is 4.79 Å². The van der Waals surface area contributed by atoms with Crippen LogP contribution in [0, 0.1) is 6.92 Å². The highest BCUT2D eigenvalue weighted by atomic mass is 16.5. The highest BCUT2D eigenvalue weighted by molar-refractivity contribution is 5.77. The molecule has 6 nitrogen and oxygen atoms in total. The van der Waals surface area contributed by atoms with E-state index < -0.39 is 0 Å². The van der Waals surface area contributed by atoms with Crippen LogP contribution in [-0.4, -0.2) is 29.2 Å². The van der Waals surface area contributed by atoms with E-state index >= 15 is 0 Å². The van der Waals surface area contributed by atoms with Gasteiger partial charge in [-0.05, 0) is 63.3 Å². The number of nitrogens with zero attached hydrogens (tertiary/aromatic N) is 2. The van der Waals surface area contributed by atoms with E-state index in [1.165, 1.54) is 30.4 Å². The predicted molar refractivity (Wildman–Crippen MR) is 120 cm³/mol. The van der Waals surface area contributed by atoms with Crippen molar-refractivity contribution in [2.24, 2.45) is 0 Å². The number of aromatic nitrogens is 2. The number of amides is 1. The molecule has 1 heterocycles. The number of allylic oxidation sites excluding steroid dienone is 1. The van der Waals surface area contributed by atoms with Gasteiger partial charge in [-0.25, -0.2) is 0 Å². The third-order valence-electron chi connectivity index (χ3n) is 5.36. The maximum absolute atomic E-state index is 12.0. The first-order valence-electron chi connectivity index (χ1n) is 10.8. The summed E-state index contributed by atoms with van der Waals surface area (Å²) in [7, 11) is 0. The van der Waals surface area contributed by atoms with Gasteiger partial charge in [0.25, 0.3) is 11.8 Å². The molecule has 160 valence electrons. The lowest BCUT2D eigenvalue weighted by atomic mass is 9.97. The van der Waals surface area contributed by atoms with Crippen LogP contribution in [0.3, 0.4) is 0 Å². The monoisotopic (exact) mass is 417 g/mol. The molecule has 0 saturated carbocycles. The van der Waals surface area contributed by atoms with Gasteiger partial charge in [0.2, 0.25) is 5.82 Å². The number of hydrogen-bond donors (Lipinski definition) is 1. The average molecular weight is 418 g/mol. The Kier molecular flexibility index (Phi) is 6.77. The molecule has 1 aliphatic rings. The minimum atomic E-state index is -0.111. The summed E-state index contributed by atoms with van der Waals surface area (Å²) in [5.41, 5.74) is 4.34. The first-order valence-corrected chi connectivity index (χ1v) is 10.8. The highest BCUT2D eigenvalue weighted by Gasteiger charge is 2.11. The van der Waals surface area contributed by atoms with Crippen molar-refractivity contribution in [2.75, 3.05) is 13.2 Å². The van der Waals surface area contributed by atoms with Crippen LogP contribution in [0.15, 0.2) is 64.7 Å². The minimum absolute atomic E-state index is 0.00345. The molecule has 0 spiro atoms. The molecule has 31 heavy (non-hydrogen) atoms. The van der Waals surface area contributed by atoms with Crippen molar-refractivity contribution in [2.45, 2.75) is 39.0 Å². The van der Waals surface area contributed by atoms with Crippen molar-refractivity contribution < 1.29 is 14.1 Å². The first-order chi connectivity index (χ1) is 15.2. The van der Waals surface area contributed by atoms with Crippen molar-refractivity contribution in [3.63, 3.8) is 0 Å². The molecule has 4 rings (SSSR count). The Labute approximate surface area is 182 Å². The second-order valence-corrected chi connectivity index (χ2v) is 7.81.